The van der Waals surface area contributed by atoms with Gasteiger partial charge < -0.3 is 0 Å². The van der Waals surface area contributed by atoms with E-state index in [0.717, 1.165) is 0 Å². The van der Waals surface area contributed by atoms with E-state index in [1.165, 1.54) is 24.0 Å². The van der Waals surface area contributed by atoms with E-state index in [0.29, 0.717) is 0 Å². The van der Waals surface area contributed by atoms with Crippen LogP contribution >= 0.6 is 0 Å². The molecule has 0 saturated heterocycles. The number of rotatable bonds is 3. The molecule has 0 aromatic heterocycles. The van der Waals surface area contributed by atoms with Gasteiger partial charge in [0.1, 0.15) is 0 Å². The molecule has 0 unspecified atom stereocenters. The number of allylic oxidation sites excluding steroid dienone is 1. The summed E-state index contributed by atoms with van der Waals surface area (Å²) < 4.78 is 0. The van der Waals surface area contributed by atoms with Gasteiger partial charge in [0.15, 0.2) is 0 Å². The van der Waals surface area contributed by atoms with Crippen LogP contribution in [0.25, 0.3) is 6.08 Å². The van der Waals surface area contributed by atoms with Gasteiger partial charge in [0.05, 0.1) is 0 Å². The lowest BCUT2D eigenvalue weighted by atomic mass is 10.1. The van der Waals surface area contributed by atoms with Gasteiger partial charge in [-0.25, -0.2) is 0 Å². The zero-order valence-electron chi connectivity index (χ0n) is 7.88. The Kier molecular flexibility index (Phi) is 3.59. The Morgan fingerprint density at radius 2 is 1.83 bits per heavy atom. The molecular formula is C12H16. The molecule has 1 aromatic rings. The van der Waals surface area contributed by atoms with Crippen LogP contribution in [0.3, 0.4) is 0 Å². The summed E-state index contributed by atoms with van der Waals surface area (Å²) in [7, 11) is 0. The topological polar surface area (TPSA) is 0 Å². The summed E-state index contributed by atoms with van der Waals surface area (Å²) in [5.41, 5.74) is 2.62. The Hall–Kier alpha value is -1.04. The fraction of sp³-hybridized carbons (Fsp3) is 0.333. The van der Waals surface area contributed by atoms with Crippen molar-refractivity contribution in [1.82, 2.24) is 0 Å². The van der Waals surface area contributed by atoms with E-state index in [-0.39, 0.29) is 0 Å². The number of aryl methyl sites for hydroxylation is 1. The lowest BCUT2D eigenvalue weighted by Gasteiger charge is -1.93. The first-order chi connectivity index (χ1) is 5.83. The Labute approximate surface area is 74.9 Å². The molecule has 0 radical (unpaired) electrons. The number of hydrogen-bond acceptors (Lipinski definition) is 0. The smallest absolute Gasteiger partial charge is 0.0260 e. The van der Waals surface area contributed by atoms with Crippen LogP contribution in [0.5, 0.6) is 0 Å². The molecule has 0 aliphatic carbocycles. The second kappa shape index (κ2) is 4.76. The van der Waals surface area contributed by atoms with E-state index >= 15 is 0 Å². The quantitative estimate of drug-likeness (QED) is 0.630. The van der Waals surface area contributed by atoms with Crippen molar-refractivity contribution in [2.75, 3.05) is 0 Å². The molecule has 0 amide bonds. The van der Waals surface area contributed by atoms with Crippen LogP contribution in [0.15, 0.2) is 30.3 Å². The maximum atomic E-state index is 2.23. The SMILES string of the molecule is CCC/C=C/c1ccc(C)cc1. The van der Waals surface area contributed by atoms with Crippen molar-refractivity contribution in [2.45, 2.75) is 26.7 Å². The molecule has 0 atom stereocenters. The molecule has 0 bridgehead atoms. The van der Waals surface area contributed by atoms with Gasteiger partial charge in [0.2, 0.25) is 0 Å². The maximum Gasteiger partial charge on any atom is -0.0260 e. The van der Waals surface area contributed by atoms with Crippen molar-refractivity contribution in [3.63, 3.8) is 0 Å². The van der Waals surface area contributed by atoms with Gasteiger partial charge in [-0.15, -0.1) is 0 Å². The van der Waals surface area contributed by atoms with Crippen molar-refractivity contribution in [3.8, 4) is 0 Å². The average Bonchev–Trinajstić information content (AvgIpc) is 2.09. The van der Waals surface area contributed by atoms with Crippen LogP contribution in [-0.2, 0) is 0 Å². The molecule has 0 saturated carbocycles. The van der Waals surface area contributed by atoms with E-state index < -0.39 is 0 Å². The first-order valence-corrected chi connectivity index (χ1v) is 4.56. The largest absolute Gasteiger partial charge is 0.0840 e. The molecule has 0 fully saturated rings. The zero-order valence-corrected chi connectivity index (χ0v) is 7.88. The lowest BCUT2D eigenvalue weighted by Crippen LogP contribution is -1.73. The molecule has 0 aliphatic heterocycles. The monoisotopic (exact) mass is 160 g/mol. The van der Waals surface area contributed by atoms with Crippen LogP contribution in [0.1, 0.15) is 30.9 Å². The minimum absolute atomic E-state index is 1.17. The first-order valence-electron chi connectivity index (χ1n) is 4.56. The van der Waals surface area contributed by atoms with Gasteiger partial charge in [-0.2, -0.15) is 0 Å². The number of unbranched alkanes of at least 4 members (excludes halogenated alkanes) is 1. The number of benzene rings is 1. The normalized spacial score (nSPS) is 10.8. The van der Waals surface area contributed by atoms with Crippen molar-refractivity contribution in [1.29, 1.82) is 0 Å². The van der Waals surface area contributed by atoms with Gasteiger partial charge in [-0.1, -0.05) is 55.3 Å². The average molecular weight is 160 g/mol. The second-order valence-electron chi connectivity index (χ2n) is 3.10. The van der Waals surface area contributed by atoms with E-state index in [1.54, 1.807) is 0 Å². The Bertz CT molecular complexity index is 241. The molecule has 12 heavy (non-hydrogen) atoms. The summed E-state index contributed by atoms with van der Waals surface area (Å²) in [6.07, 6.45) is 6.81. The van der Waals surface area contributed by atoms with Gasteiger partial charge in [-0.05, 0) is 18.9 Å². The summed E-state index contributed by atoms with van der Waals surface area (Å²) in [6.45, 7) is 4.30. The molecule has 1 aromatic carbocycles. The predicted molar refractivity (Wildman–Crippen MR) is 55.1 cm³/mol. The molecule has 0 spiro atoms. The summed E-state index contributed by atoms with van der Waals surface area (Å²) in [5.74, 6) is 0. The third-order valence-electron chi connectivity index (χ3n) is 1.84. The zero-order chi connectivity index (χ0) is 8.81. The predicted octanol–water partition coefficient (Wildman–Crippen LogP) is 3.81. The summed E-state index contributed by atoms with van der Waals surface area (Å²) in [6, 6.07) is 8.60. The highest BCUT2D eigenvalue weighted by Gasteiger charge is 1.84. The minimum Gasteiger partial charge on any atom is -0.0840 e. The molecule has 0 heterocycles. The van der Waals surface area contributed by atoms with Gasteiger partial charge in [-0.3, -0.25) is 0 Å². The van der Waals surface area contributed by atoms with Crippen molar-refractivity contribution < 1.29 is 0 Å². The third-order valence-corrected chi connectivity index (χ3v) is 1.84. The van der Waals surface area contributed by atoms with Crippen LogP contribution < -0.4 is 0 Å². The van der Waals surface area contributed by atoms with Crippen molar-refractivity contribution in [3.05, 3.63) is 41.5 Å². The molecule has 1 rings (SSSR count). The van der Waals surface area contributed by atoms with Crippen LogP contribution in [0.2, 0.25) is 0 Å². The standard InChI is InChI=1S/C12H16/c1-3-4-5-6-12-9-7-11(2)8-10-12/h5-10H,3-4H2,1-2H3/b6-5+. The van der Waals surface area contributed by atoms with Crippen LogP contribution in [0, 0.1) is 6.92 Å². The van der Waals surface area contributed by atoms with Crippen LogP contribution in [0.4, 0.5) is 0 Å². The number of hydrogen-bond donors (Lipinski definition) is 0. The van der Waals surface area contributed by atoms with Gasteiger partial charge in [0.25, 0.3) is 0 Å². The van der Waals surface area contributed by atoms with E-state index in [2.05, 4.69) is 50.3 Å². The minimum atomic E-state index is 1.17. The third kappa shape index (κ3) is 2.91. The summed E-state index contributed by atoms with van der Waals surface area (Å²) >= 11 is 0. The Balaban J connectivity index is 2.58. The molecule has 0 heteroatoms. The van der Waals surface area contributed by atoms with E-state index in [4.69, 9.17) is 0 Å². The second-order valence-corrected chi connectivity index (χ2v) is 3.10. The highest BCUT2D eigenvalue weighted by molar-refractivity contribution is 5.49. The van der Waals surface area contributed by atoms with E-state index in [9.17, 15) is 0 Å². The molecule has 0 N–H and O–H groups in total. The highest BCUT2D eigenvalue weighted by Crippen LogP contribution is 2.05. The highest BCUT2D eigenvalue weighted by atomic mass is 13.9. The molecule has 64 valence electrons. The lowest BCUT2D eigenvalue weighted by molar-refractivity contribution is 0.962. The molecule has 0 nitrogen and oxygen atoms in total. The fourth-order valence-electron chi connectivity index (χ4n) is 1.06. The molecular weight excluding hydrogens is 144 g/mol. The Morgan fingerprint density at radius 1 is 1.17 bits per heavy atom. The molecule has 0 aliphatic rings. The summed E-state index contributed by atoms with van der Waals surface area (Å²) in [4.78, 5) is 0. The van der Waals surface area contributed by atoms with Crippen molar-refractivity contribution in [2.24, 2.45) is 0 Å². The first kappa shape index (κ1) is 9.05. The van der Waals surface area contributed by atoms with Gasteiger partial charge in [0, 0.05) is 0 Å². The van der Waals surface area contributed by atoms with Gasteiger partial charge >= 0.3 is 0 Å². The van der Waals surface area contributed by atoms with Crippen LogP contribution in [-0.4, -0.2) is 0 Å². The maximum absolute atomic E-state index is 2.23. The Morgan fingerprint density at radius 3 is 2.42 bits per heavy atom. The summed E-state index contributed by atoms with van der Waals surface area (Å²) in [5, 5.41) is 0. The van der Waals surface area contributed by atoms with Crippen molar-refractivity contribution >= 4 is 6.08 Å². The fourth-order valence-corrected chi connectivity index (χ4v) is 1.06. The van der Waals surface area contributed by atoms with E-state index in [1.807, 2.05) is 0 Å².